The highest BCUT2D eigenvalue weighted by Crippen LogP contribution is 2.30. The Morgan fingerprint density at radius 3 is 2.17 bits per heavy atom. The highest BCUT2D eigenvalue weighted by Gasteiger charge is 2.30. The zero-order chi connectivity index (χ0) is 20.9. The minimum Gasteiger partial charge on any atom is -0.376 e. The highest BCUT2D eigenvalue weighted by molar-refractivity contribution is 7.12. The van der Waals surface area contributed by atoms with E-state index in [0.29, 0.717) is 16.3 Å². The smallest absolute Gasteiger partial charge is 0.376 e. The molecule has 9 heteroatoms. The van der Waals surface area contributed by atoms with Gasteiger partial charge in [-0.3, -0.25) is 9.59 Å². The molecule has 0 saturated heterocycles. The first kappa shape index (κ1) is 20.4. The van der Waals surface area contributed by atoms with Crippen LogP contribution < -0.4 is 16.0 Å². The molecule has 1 heterocycles. The average Bonchev–Trinajstić information content (AvgIpc) is 3.22. The summed E-state index contributed by atoms with van der Waals surface area (Å²) in [5, 5.41) is 9.84. The van der Waals surface area contributed by atoms with Gasteiger partial charge < -0.3 is 16.0 Å². The van der Waals surface area contributed by atoms with Crippen LogP contribution in [0.1, 0.15) is 15.2 Å². The van der Waals surface area contributed by atoms with Crippen LogP contribution in [0.2, 0.25) is 0 Å². The van der Waals surface area contributed by atoms with Gasteiger partial charge >= 0.3 is 6.18 Å². The van der Waals surface area contributed by atoms with E-state index in [2.05, 4.69) is 16.0 Å². The van der Waals surface area contributed by atoms with Gasteiger partial charge in [-0.15, -0.1) is 11.3 Å². The first-order valence-electron chi connectivity index (χ1n) is 8.47. The van der Waals surface area contributed by atoms with Crippen LogP contribution in [-0.4, -0.2) is 18.4 Å². The second kappa shape index (κ2) is 8.78. The number of anilines is 3. The van der Waals surface area contributed by atoms with Gasteiger partial charge in [-0.1, -0.05) is 12.1 Å². The van der Waals surface area contributed by atoms with E-state index in [-0.39, 0.29) is 18.1 Å². The van der Waals surface area contributed by atoms with Gasteiger partial charge in [0.1, 0.15) is 0 Å². The number of halogens is 3. The van der Waals surface area contributed by atoms with E-state index in [9.17, 15) is 22.8 Å². The molecule has 0 spiro atoms. The van der Waals surface area contributed by atoms with Crippen molar-refractivity contribution in [3.8, 4) is 0 Å². The Bertz CT molecular complexity index is 987. The van der Waals surface area contributed by atoms with Gasteiger partial charge in [-0.05, 0) is 53.9 Å². The van der Waals surface area contributed by atoms with E-state index >= 15 is 0 Å². The summed E-state index contributed by atoms with van der Waals surface area (Å²) in [4.78, 5) is 24.6. The van der Waals surface area contributed by atoms with Crippen molar-refractivity contribution in [2.75, 3.05) is 22.5 Å². The van der Waals surface area contributed by atoms with Crippen molar-refractivity contribution in [3.05, 3.63) is 76.5 Å². The van der Waals surface area contributed by atoms with E-state index in [1.165, 1.54) is 23.5 Å². The topological polar surface area (TPSA) is 70.2 Å². The fourth-order valence-electron chi connectivity index (χ4n) is 2.43. The molecule has 0 aliphatic rings. The molecular formula is C20H16F3N3O2S. The summed E-state index contributed by atoms with van der Waals surface area (Å²) >= 11 is 1.33. The number of nitrogens with one attached hydrogen (secondary N) is 3. The monoisotopic (exact) mass is 419 g/mol. The van der Waals surface area contributed by atoms with E-state index in [1.807, 2.05) is 0 Å². The molecule has 0 aliphatic carbocycles. The summed E-state index contributed by atoms with van der Waals surface area (Å²) in [6, 6.07) is 14.6. The third-order valence-corrected chi connectivity index (χ3v) is 4.68. The Morgan fingerprint density at radius 2 is 1.55 bits per heavy atom. The van der Waals surface area contributed by atoms with Crippen LogP contribution in [-0.2, 0) is 11.0 Å². The zero-order valence-corrected chi connectivity index (χ0v) is 15.7. The van der Waals surface area contributed by atoms with Crippen molar-refractivity contribution in [2.45, 2.75) is 6.18 Å². The van der Waals surface area contributed by atoms with Crippen molar-refractivity contribution in [1.82, 2.24) is 0 Å². The molecule has 5 nitrogen and oxygen atoms in total. The van der Waals surface area contributed by atoms with E-state index < -0.39 is 17.6 Å². The van der Waals surface area contributed by atoms with Crippen LogP contribution in [0, 0.1) is 0 Å². The van der Waals surface area contributed by atoms with Crippen molar-refractivity contribution in [3.63, 3.8) is 0 Å². The standard InChI is InChI=1S/C20H16F3N3O2S/c21-20(22,23)13-3-1-4-16(11-13)24-12-18(27)25-14-6-8-15(9-7-14)26-19(28)17-5-2-10-29-17/h1-11,24H,12H2,(H,25,27)(H,26,28). The second-order valence-corrected chi connectivity index (χ2v) is 6.94. The maximum absolute atomic E-state index is 12.7. The van der Waals surface area contributed by atoms with Crippen molar-refractivity contribution in [1.29, 1.82) is 0 Å². The zero-order valence-electron chi connectivity index (χ0n) is 14.9. The van der Waals surface area contributed by atoms with Crippen LogP contribution in [0.3, 0.4) is 0 Å². The Labute approximate surface area is 168 Å². The molecule has 0 unspecified atom stereocenters. The summed E-state index contributed by atoms with van der Waals surface area (Å²) in [5.41, 5.74) is 0.475. The van der Waals surface area contributed by atoms with Crippen molar-refractivity contribution < 1.29 is 22.8 Å². The largest absolute Gasteiger partial charge is 0.416 e. The Balaban J connectivity index is 1.51. The summed E-state index contributed by atoms with van der Waals surface area (Å²) in [6.45, 7) is -0.196. The molecule has 1 aromatic heterocycles. The van der Waals surface area contributed by atoms with Gasteiger partial charge in [-0.25, -0.2) is 0 Å². The normalized spacial score (nSPS) is 11.0. The minimum atomic E-state index is -4.44. The van der Waals surface area contributed by atoms with Gasteiger partial charge in [0.25, 0.3) is 5.91 Å². The molecule has 0 fully saturated rings. The molecule has 0 saturated carbocycles. The number of benzene rings is 2. The number of hydrogen-bond acceptors (Lipinski definition) is 4. The molecule has 29 heavy (non-hydrogen) atoms. The lowest BCUT2D eigenvalue weighted by atomic mass is 10.2. The predicted molar refractivity (Wildman–Crippen MR) is 107 cm³/mol. The second-order valence-electron chi connectivity index (χ2n) is 5.99. The number of carbonyl (C=O) groups excluding carboxylic acids is 2. The quantitative estimate of drug-likeness (QED) is 0.523. The Kier molecular flexibility index (Phi) is 6.18. The van der Waals surface area contributed by atoms with Crippen molar-refractivity contribution in [2.24, 2.45) is 0 Å². The van der Waals surface area contributed by atoms with Gasteiger partial charge in [0.05, 0.1) is 17.0 Å². The highest BCUT2D eigenvalue weighted by atomic mass is 32.1. The molecule has 0 radical (unpaired) electrons. The lowest BCUT2D eigenvalue weighted by Gasteiger charge is -2.11. The fraction of sp³-hybridized carbons (Fsp3) is 0.100. The van der Waals surface area contributed by atoms with Crippen LogP contribution in [0.4, 0.5) is 30.2 Å². The summed E-state index contributed by atoms with van der Waals surface area (Å²) in [6.07, 6.45) is -4.44. The molecular weight excluding hydrogens is 403 g/mol. The molecule has 150 valence electrons. The minimum absolute atomic E-state index is 0.196. The Hall–Kier alpha value is -3.33. The summed E-state index contributed by atoms with van der Waals surface area (Å²) in [7, 11) is 0. The van der Waals surface area contributed by atoms with Gasteiger partial charge in [0.2, 0.25) is 5.91 Å². The summed E-state index contributed by atoms with van der Waals surface area (Å²) in [5.74, 6) is -0.639. The van der Waals surface area contributed by atoms with Crippen LogP contribution in [0.15, 0.2) is 66.0 Å². The maximum Gasteiger partial charge on any atom is 0.416 e. The van der Waals surface area contributed by atoms with Crippen LogP contribution in [0.25, 0.3) is 0 Å². The first-order chi connectivity index (χ1) is 13.8. The van der Waals surface area contributed by atoms with Crippen LogP contribution >= 0.6 is 11.3 Å². The molecule has 0 atom stereocenters. The summed E-state index contributed by atoms with van der Waals surface area (Å²) < 4.78 is 38.1. The molecule has 0 bridgehead atoms. The average molecular weight is 419 g/mol. The molecule has 3 aromatic rings. The molecule has 3 rings (SSSR count). The van der Waals surface area contributed by atoms with Gasteiger partial charge in [0, 0.05) is 17.1 Å². The van der Waals surface area contributed by atoms with E-state index in [1.54, 1.807) is 41.8 Å². The lowest BCUT2D eigenvalue weighted by molar-refractivity contribution is -0.137. The molecule has 3 N–H and O–H groups in total. The predicted octanol–water partition coefficient (Wildman–Crippen LogP) is 5.07. The third-order valence-electron chi connectivity index (χ3n) is 3.81. The Morgan fingerprint density at radius 1 is 0.862 bits per heavy atom. The van der Waals surface area contributed by atoms with Crippen molar-refractivity contribution >= 4 is 40.2 Å². The number of alkyl halides is 3. The number of amides is 2. The fourth-order valence-corrected chi connectivity index (χ4v) is 3.05. The maximum atomic E-state index is 12.7. The van der Waals surface area contributed by atoms with Crippen LogP contribution in [0.5, 0.6) is 0 Å². The van der Waals surface area contributed by atoms with E-state index in [4.69, 9.17) is 0 Å². The number of carbonyl (C=O) groups is 2. The molecule has 0 aliphatic heterocycles. The van der Waals surface area contributed by atoms with Gasteiger partial charge in [0.15, 0.2) is 0 Å². The number of rotatable bonds is 6. The number of thiophene rings is 1. The molecule has 2 amide bonds. The first-order valence-corrected chi connectivity index (χ1v) is 9.35. The van der Waals surface area contributed by atoms with E-state index in [0.717, 1.165) is 12.1 Å². The third kappa shape index (κ3) is 5.82. The SMILES string of the molecule is O=C(CNc1cccc(C(F)(F)F)c1)Nc1ccc(NC(=O)c2cccs2)cc1. The molecule has 2 aromatic carbocycles. The number of hydrogen-bond donors (Lipinski definition) is 3. The lowest BCUT2D eigenvalue weighted by Crippen LogP contribution is -2.22. The van der Waals surface area contributed by atoms with Gasteiger partial charge in [-0.2, -0.15) is 13.2 Å².